The molecule has 1 saturated carbocycles. The number of benzene rings is 2. The van der Waals surface area contributed by atoms with Crippen LogP contribution in [-0.4, -0.2) is 34.6 Å². The predicted octanol–water partition coefficient (Wildman–Crippen LogP) is 4.15. The average Bonchev–Trinajstić information content (AvgIpc) is 3.38. The molecule has 166 valence electrons. The van der Waals surface area contributed by atoms with E-state index in [0.29, 0.717) is 12.6 Å². The normalized spacial score (nSPS) is 22.1. The summed E-state index contributed by atoms with van der Waals surface area (Å²) in [4.78, 5) is 22.5. The van der Waals surface area contributed by atoms with Gasteiger partial charge in [0.2, 0.25) is 5.91 Å². The van der Waals surface area contributed by atoms with E-state index in [9.17, 15) is 18.0 Å². The van der Waals surface area contributed by atoms with Crippen molar-refractivity contribution in [1.29, 1.82) is 0 Å². The van der Waals surface area contributed by atoms with Crippen molar-refractivity contribution in [2.24, 2.45) is 11.8 Å². The highest BCUT2D eigenvalue weighted by molar-refractivity contribution is 5.73. The summed E-state index contributed by atoms with van der Waals surface area (Å²) in [5.74, 6) is -0.991. The number of carboxylic acids is 1. The van der Waals surface area contributed by atoms with E-state index in [1.807, 2.05) is 0 Å². The fourth-order valence-electron chi connectivity index (χ4n) is 4.05. The quantitative estimate of drug-likeness (QED) is 0.742. The third-order valence-electron chi connectivity index (χ3n) is 5.58. The van der Waals surface area contributed by atoms with Gasteiger partial charge < -0.3 is 10.4 Å². The molecule has 2 fully saturated rings. The minimum Gasteiger partial charge on any atom is -0.475 e. The van der Waals surface area contributed by atoms with Gasteiger partial charge in [0.1, 0.15) is 0 Å². The number of carbonyl (C=O) groups excluding carboxylic acids is 1. The van der Waals surface area contributed by atoms with Crippen LogP contribution in [-0.2, 0) is 22.7 Å². The van der Waals surface area contributed by atoms with Crippen LogP contribution in [0.15, 0.2) is 54.6 Å². The lowest BCUT2D eigenvalue weighted by Gasteiger charge is -2.28. The van der Waals surface area contributed by atoms with Crippen molar-refractivity contribution in [2.45, 2.75) is 38.7 Å². The lowest BCUT2D eigenvalue weighted by Crippen LogP contribution is -2.26. The number of aliphatic carboxylic acids is 1. The van der Waals surface area contributed by atoms with Crippen LogP contribution in [0.5, 0.6) is 0 Å². The molecule has 0 unspecified atom stereocenters. The summed E-state index contributed by atoms with van der Waals surface area (Å²) in [6.07, 6.45) is -3.69. The second kappa shape index (κ2) is 9.51. The number of halogens is 3. The van der Waals surface area contributed by atoms with Crippen LogP contribution in [0.4, 0.5) is 13.2 Å². The number of carbonyl (C=O) groups is 2. The smallest absolute Gasteiger partial charge is 0.475 e. The van der Waals surface area contributed by atoms with Crippen molar-refractivity contribution in [2.75, 3.05) is 6.54 Å². The Bertz CT molecular complexity index is 901. The van der Waals surface area contributed by atoms with Gasteiger partial charge in [-0.15, -0.1) is 0 Å². The number of hydrogen-bond acceptors (Lipinski definition) is 3. The zero-order valence-electron chi connectivity index (χ0n) is 17.1. The summed E-state index contributed by atoms with van der Waals surface area (Å²) in [6, 6.07) is 20.2. The largest absolute Gasteiger partial charge is 0.490 e. The van der Waals surface area contributed by atoms with Gasteiger partial charge in [-0.05, 0) is 34.9 Å². The van der Waals surface area contributed by atoms with Crippen LogP contribution in [0.1, 0.15) is 36.1 Å². The number of nitrogens with zero attached hydrogens (tertiary/aromatic N) is 1. The molecule has 31 heavy (non-hydrogen) atoms. The summed E-state index contributed by atoms with van der Waals surface area (Å²) in [6.45, 7) is 4.39. The molecule has 2 N–H and O–H groups in total. The van der Waals surface area contributed by atoms with Gasteiger partial charge in [-0.1, -0.05) is 54.6 Å². The molecule has 2 aliphatic rings. The first-order valence-electron chi connectivity index (χ1n) is 10.1. The Morgan fingerprint density at radius 3 is 2.19 bits per heavy atom. The Balaban J connectivity index is 0.000000339. The molecule has 2 aromatic carbocycles. The molecule has 5 nitrogen and oxygen atoms in total. The van der Waals surface area contributed by atoms with E-state index in [1.54, 1.807) is 6.92 Å². The zero-order chi connectivity index (χ0) is 22.6. The number of alkyl halides is 3. The number of hydrogen-bond donors (Lipinski definition) is 2. The maximum absolute atomic E-state index is 11.0. The van der Waals surface area contributed by atoms with Gasteiger partial charge in [-0.3, -0.25) is 9.69 Å². The van der Waals surface area contributed by atoms with Gasteiger partial charge in [-0.25, -0.2) is 4.79 Å². The van der Waals surface area contributed by atoms with E-state index < -0.39 is 12.1 Å². The standard InChI is InChI=1S/C21H24N2O.C2HF3O2/c1-15(24)22-12-16-7-9-17(10-8-16)13-23-14-19-11-20(19)21(23)18-5-3-2-4-6-18;3-2(4,5)1(6)7/h2-10,19-21H,11-14H2,1H3,(H,22,24);(H,6,7)/t19-,20-,21-;/m0./s1. The second-order valence-corrected chi connectivity index (χ2v) is 7.97. The first kappa shape index (κ1) is 22.8. The van der Waals surface area contributed by atoms with Crippen molar-refractivity contribution < 1.29 is 27.9 Å². The summed E-state index contributed by atoms with van der Waals surface area (Å²) < 4.78 is 31.7. The lowest BCUT2D eigenvalue weighted by molar-refractivity contribution is -0.192. The topological polar surface area (TPSA) is 69.6 Å². The molecule has 2 aromatic rings. The molecule has 1 aliphatic heterocycles. The maximum atomic E-state index is 11.0. The Hall–Kier alpha value is -2.87. The minimum absolute atomic E-state index is 0.0149. The number of fused-ring (bicyclic) bond motifs is 1. The van der Waals surface area contributed by atoms with Crippen molar-refractivity contribution in [1.82, 2.24) is 10.2 Å². The zero-order valence-corrected chi connectivity index (χ0v) is 17.1. The van der Waals surface area contributed by atoms with Crippen molar-refractivity contribution in [3.63, 3.8) is 0 Å². The number of rotatable bonds is 5. The summed E-state index contributed by atoms with van der Waals surface area (Å²) in [5.41, 5.74) is 3.96. The van der Waals surface area contributed by atoms with Crippen LogP contribution in [0, 0.1) is 11.8 Å². The molecule has 0 radical (unpaired) electrons. The highest BCUT2D eigenvalue weighted by Crippen LogP contribution is 2.56. The first-order chi connectivity index (χ1) is 14.6. The van der Waals surface area contributed by atoms with Crippen molar-refractivity contribution in [3.05, 3.63) is 71.3 Å². The van der Waals surface area contributed by atoms with E-state index in [-0.39, 0.29) is 5.91 Å². The van der Waals surface area contributed by atoms with Gasteiger partial charge in [0.05, 0.1) is 0 Å². The van der Waals surface area contributed by atoms with Gasteiger partial charge in [0.25, 0.3) is 0 Å². The van der Waals surface area contributed by atoms with Crippen LogP contribution in [0.25, 0.3) is 0 Å². The first-order valence-corrected chi connectivity index (χ1v) is 10.1. The Morgan fingerprint density at radius 1 is 1.06 bits per heavy atom. The number of piperidine rings is 1. The molecular weight excluding hydrogens is 409 g/mol. The summed E-state index contributed by atoms with van der Waals surface area (Å²) >= 11 is 0. The van der Waals surface area contributed by atoms with Crippen molar-refractivity contribution in [3.8, 4) is 0 Å². The van der Waals surface area contributed by atoms with Crippen molar-refractivity contribution >= 4 is 11.9 Å². The van der Waals surface area contributed by atoms with Crippen LogP contribution in [0.2, 0.25) is 0 Å². The molecule has 3 atom stereocenters. The predicted molar refractivity (Wildman–Crippen MR) is 109 cm³/mol. The highest BCUT2D eigenvalue weighted by atomic mass is 19.4. The summed E-state index contributed by atoms with van der Waals surface area (Å²) in [5, 5.41) is 9.97. The van der Waals surface area contributed by atoms with E-state index in [0.717, 1.165) is 23.9 Å². The van der Waals surface area contributed by atoms with Gasteiger partial charge in [0.15, 0.2) is 0 Å². The SMILES string of the molecule is CC(=O)NCc1ccc(CN2C[C@@H]3C[C@@H]3[C@@H]2c2ccccc2)cc1.O=C(O)C(F)(F)F. The Morgan fingerprint density at radius 2 is 1.65 bits per heavy atom. The van der Waals surface area contributed by atoms with E-state index in [4.69, 9.17) is 9.90 Å². The Kier molecular flexibility index (Phi) is 7.00. The van der Waals surface area contributed by atoms with Gasteiger partial charge in [-0.2, -0.15) is 13.2 Å². The fourth-order valence-corrected chi connectivity index (χ4v) is 4.05. The van der Waals surface area contributed by atoms with E-state index >= 15 is 0 Å². The Labute approximate surface area is 178 Å². The number of amides is 1. The van der Waals surface area contributed by atoms with Crippen LogP contribution >= 0.6 is 0 Å². The number of nitrogens with one attached hydrogen (secondary N) is 1. The molecule has 0 bridgehead atoms. The van der Waals surface area contributed by atoms with Gasteiger partial charge in [0, 0.05) is 32.6 Å². The van der Waals surface area contributed by atoms with Gasteiger partial charge >= 0.3 is 12.1 Å². The highest BCUT2D eigenvalue weighted by Gasteiger charge is 2.52. The third kappa shape index (κ3) is 6.30. The molecule has 1 heterocycles. The van der Waals surface area contributed by atoms with E-state index in [1.165, 1.54) is 24.1 Å². The second-order valence-electron chi connectivity index (χ2n) is 7.97. The molecule has 8 heteroatoms. The van der Waals surface area contributed by atoms with Crippen LogP contribution in [0.3, 0.4) is 0 Å². The maximum Gasteiger partial charge on any atom is 0.490 e. The molecule has 1 aliphatic carbocycles. The average molecular weight is 434 g/mol. The minimum atomic E-state index is -5.08. The molecule has 1 saturated heterocycles. The number of likely N-dealkylation sites (tertiary alicyclic amines) is 1. The molecule has 0 aromatic heterocycles. The molecule has 0 spiro atoms. The molecule has 1 amide bonds. The summed E-state index contributed by atoms with van der Waals surface area (Å²) in [7, 11) is 0. The molecular formula is C23H25F3N2O3. The fraction of sp³-hybridized carbons (Fsp3) is 0.391. The van der Waals surface area contributed by atoms with Crippen LogP contribution < -0.4 is 5.32 Å². The lowest BCUT2D eigenvalue weighted by atomic mass is 10.0. The van der Waals surface area contributed by atoms with E-state index in [2.05, 4.69) is 64.8 Å². The third-order valence-corrected chi connectivity index (χ3v) is 5.58. The monoisotopic (exact) mass is 434 g/mol. The number of carboxylic acid groups (broad SMARTS) is 1. The molecule has 4 rings (SSSR count).